The summed E-state index contributed by atoms with van der Waals surface area (Å²) in [5.41, 5.74) is 8.17. The fourth-order valence-corrected chi connectivity index (χ4v) is 4.85. The number of nitrogens with zero attached hydrogens (tertiary/aromatic N) is 4. The van der Waals surface area contributed by atoms with Crippen LogP contribution in [0.15, 0.2) is 30.5 Å². The topological polar surface area (TPSA) is 86.8 Å². The Morgan fingerprint density at radius 2 is 1.82 bits per heavy atom. The highest BCUT2D eigenvalue weighted by Gasteiger charge is 2.21. The maximum Gasteiger partial charge on any atom is 0.269 e. The number of benzene rings is 1. The fraction of sp³-hybridized carbons (Fsp3) is 0.385. The summed E-state index contributed by atoms with van der Waals surface area (Å²) in [5, 5.41) is 13.0. The molecule has 0 bridgehead atoms. The van der Waals surface area contributed by atoms with Crippen LogP contribution in [0.5, 0.6) is 0 Å². The van der Waals surface area contributed by atoms with Crippen LogP contribution in [0.3, 0.4) is 0 Å². The SMILES string of the molecule is Cc1[nH]nc2ccc3nc(-c4ccc(C(=O)NCCN(C)C)nc4)c4c(c3c12)CCCCC4. The molecular formula is C26H30N6O. The molecule has 1 aliphatic carbocycles. The van der Waals surface area contributed by atoms with Crippen molar-refractivity contribution in [3.63, 3.8) is 0 Å². The van der Waals surface area contributed by atoms with Gasteiger partial charge < -0.3 is 10.2 Å². The molecule has 0 radical (unpaired) electrons. The monoisotopic (exact) mass is 442 g/mol. The molecule has 170 valence electrons. The van der Waals surface area contributed by atoms with Gasteiger partial charge in [0.05, 0.1) is 16.7 Å². The minimum absolute atomic E-state index is 0.147. The number of pyridine rings is 2. The largest absolute Gasteiger partial charge is 0.349 e. The van der Waals surface area contributed by atoms with E-state index in [0.717, 1.165) is 53.8 Å². The zero-order valence-corrected chi connectivity index (χ0v) is 19.5. The van der Waals surface area contributed by atoms with E-state index >= 15 is 0 Å². The van der Waals surface area contributed by atoms with Crippen LogP contribution in [0.1, 0.15) is 46.6 Å². The number of rotatable bonds is 5. The molecular weight excluding hydrogens is 412 g/mol. The van der Waals surface area contributed by atoms with Gasteiger partial charge in [0.2, 0.25) is 0 Å². The Kier molecular flexibility index (Phi) is 5.81. The van der Waals surface area contributed by atoms with Gasteiger partial charge in [-0.15, -0.1) is 0 Å². The first-order valence-electron chi connectivity index (χ1n) is 11.7. The van der Waals surface area contributed by atoms with Crippen LogP contribution in [-0.4, -0.2) is 58.2 Å². The molecule has 1 aliphatic rings. The van der Waals surface area contributed by atoms with Crippen molar-refractivity contribution < 1.29 is 4.79 Å². The molecule has 0 saturated carbocycles. The molecule has 0 fully saturated rings. The summed E-state index contributed by atoms with van der Waals surface area (Å²) >= 11 is 0. The Morgan fingerprint density at radius 1 is 1.03 bits per heavy atom. The van der Waals surface area contributed by atoms with Crippen molar-refractivity contribution in [1.82, 2.24) is 30.4 Å². The molecule has 4 aromatic rings. The van der Waals surface area contributed by atoms with Gasteiger partial charge in [0.1, 0.15) is 5.69 Å². The number of likely N-dealkylation sites (N-methyl/N-ethyl adjacent to an activating group) is 1. The molecule has 5 rings (SSSR count). The van der Waals surface area contributed by atoms with E-state index in [0.29, 0.717) is 12.2 Å². The van der Waals surface area contributed by atoms with Gasteiger partial charge in [-0.05, 0) is 82.1 Å². The second-order valence-corrected chi connectivity index (χ2v) is 9.17. The summed E-state index contributed by atoms with van der Waals surface area (Å²) in [5.74, 6) is -0.147. The van der Waals surface area contributed by atoms with Crippen molar-refractivity contribution in [3.05, 3.63) is 53.0 Å². The average molecular weight is 443 g/mol. The van der Waals surface area contributed by atoms with Gasteiger partial charge in [-0.25, -0.2) is 4.98 Å². The first kappa shape index (κ1) is 21.5. The zero-order valence-electron chi connectivity index (χ0n) is 19.5. The van der Waals surface area contributed by atoms with Crippen molar-refractivity contribution in [2.75, 3.05) is 27.2 Å². The van der Waals surface area contributed by atoms with Crippen molar-refractivity contribution in [2.24, 2.45) is 0 Å². The average Bonchev–Trinajstić information content (AvgIpc) is 3.03. The number of fused-ring (bicyclic) bond motifs is 5. The lowest BCUT2D eigenvalue weighted by molar-refractivity contribution is 0.0946. The molecule has 2 N–H and O–H groups in total. The van der Waals surface area contributed by atoms with Gasteiger partial charge in [0.15, 0.2) is 0 Å². The second kappa shape index (κ2) is 8.90. The number of hydrogen-bond donors (Lipinski definition) is 2. The summed E-state index contributed by atoms with van der Waals surface area (Å²) in [6, 6.07) is 7.90. The van der Waals surface area contributed by atoms with E-state index in [4.69, 9.17) is 4.98 Å². The summed E-state index contributed by atoms with van der Waals surface area (Å²) < 4.78 is 0. The maximum atomic E-state index is 12.4. The quantitative estimate of drug-likeness (QED) is 0.456. The van der Waals surface area contributed by atoms with Crippen LogP contribution in [0, 0.1) is 6.92 Å². The van der Waals surface area contributed by atoms with Crippen molar-refractivity contribution in [3.8, 4) is 11.3 Å². The Balaban J connectivity index is 1.57. The summed E-state index contributed by atoms with van der Waals surface area (Å²) in [6.07, 6.45) is 7.41. The molecule has 7 heteroatoms. The predicted molar refractivity (Wildman–Crippen MR) is 132 cm³/mol. The van der Waals surface area contributed by atoms with Gasteiger partial charge in [0.25, 0.3) is 5.91 Å². The number of aryl methyl sites for hydroxylation is 2. The van der Waals surface area contributed by atoms with E-state index < -0.39 is 0 Å². The molecule has 0 unspecified atom stereocenters. The minimum atomic E-state index is -0.147. The standard InChI is InChI=1S/C26H30N6O/c1-16-23-21(31-30-16)12-11-20-24(23)18-7-5-4-6-8-19(18)25(29-20)17-9-10-22(28-15-17)26(33)27-13-14-32(2)3/h9-12,15H,4-8,13-14H2,1-3H3,(H,27,33)(H,30,31). The maximum absolute atomic E-state index is 12.4. The lowest BCUT2D eigenvalue weighted by Crippen LogP contribution is -2.31. The highest BCUT2D eigenvalue weighted by atomic mass is 16.1. The molecule has 1 aromatic carbocycles. The third kappa shape index (κ3) is 4.09. The van der Waals surface area contributed by atoms with Crippen LogP contribution in [-0.2, 0) is 12.8 Å². The molecule has 0 aliphatic heterocycles. The molecule has 3 aromatic heterocycles. The number of nitrogens with one attached hydrogen (secondary N) is 2. The number of aromatic nitrogens is 4. The molecule has 1 amide bonds. The fourth-order valence-electron chi connectivity index (χ4n) is 4.85. The van der Waals surface area contributed by atoms with Crippen LogP contribution in [0.4, 0.5) is 0 Å². The normalized spacial score (nSPS) is 13.9. The van der Waals surface area contributed by atoms with Crippen molar-refractivity contribution in [2.45, 2.75) is 39.0 Å². The minimum Gasteiger partial charge on any atom is -0.349 e. The predicted octanol–water partition coefficient (Wildman–Crippen LogP) is 4.04. The highest BCUT2D eigenvalue weighted by molar-refractivity contribution is 6.09. The number of H-pyrrole nitrogens is 1. The number of amides is 1. The molecule has 33 heavy (non-hydrogen) atoms. The summed E-state index contributed by atoms with van der Waals surface area (Å²) in [4.78, 5) is 24.1. The van der Waals surface area contributed by atoms with Crippen LogP contribution >= 0.6 is 0 Å². The van der Waals surface area contributed by atoms with Crippen molar-refractivity contribution in [1.29, 1.82) is 0 Å². The smallest absolute Gasteiger partial charge is 0.269 e. The van der Waals surface area contributed by atoms with E-state index in [9.17, 15) is 4.79 Å². The van der Waals surface area contributed by atoms with Gasteiger partial charge in [-0.3, -0.25) is 14.9 Å². The Hall–Kier alpha value is -3.32. The Labute approximate surface area is 193 Å². The molecule has 7 nitrogen and oxygen atoms in total. The highest BCUT2D eigenvalue weighted by Crippen LogP contribution is 2.37. The van der Waals surface area contributed by atoms with Gasteiger partial charge in [-0.2, -0.15) is 5.10 Å². The molecule has 3 heterocycles. The first-order valence-corrected chi connectivity index (χ1v) is 11.7. The van der Waals surface area contributed by atoms with Crippen LogP contribution in [0.25, 0.3) is 33.1 Å². The number of carbonyl (C=O) groups is 1. The third-order valence-corrected chi connectivity index (χ3v) is 6.53. The Bertz CT molecular complexity index is 1320. The van der Waals surface area contributed by atoms with Crippen molar-refractivity contribution >= 4 is 27.7 Å². The summed E-state index contributed by atoms with van der Waals surface area (Å²) in [7, 11) is 3.97. The van der Waals surface area contributed by atoms with E-state index in [-0.39, 0.29) is 5.91 Å². The lowest BCUT2D eigenvalue weighted by atomic mass is 9.92. The summed E-state index contributed by atoms with van der Waals surface area (Å²) in [6.45, 7) is 3.47. The van der Waals surface area contributed by atoms with Gasteiger partial charge in [-0.1, -0.05) is 6.42 Å². The van der Waals surface area contributed by atoms with E-state index in [1.165, 1.54) is 34.7 Å². The molecule has 0 saturated heterocycles. The number of carbonyl (C=O) groups excluding carboxylic acids is 1. The zero-order chi connectivity index (χ0) is 22.9. The first-order chi connectivity index (χ1) is 16.0. The van der Waals surface area contributed by atoms with Crippen LogP contribution in [0.2, 0.25) is 0 Å². The molecule has 0 spiro atoms. The van der Waals surface area contributed by atoms with E-state index in [2.05, 4.69) is 33.5 Å². The van der Waals surface area contributed by atoms with Gasteiger partial charge in [0, 0.05) is 41.3 Å². The lowest BCUT2D eigenvalue weighted by Gasteiger charge is -2.16. The number of hydrogen-bond acceptors (Lipinski definition) is 5. The van der Waals surface area contributed by atoms with Gasteiger partial charge >= 0.3 is 0 Å². The molecule has 0 atom stereocenters. The second-order valence-electron chi connectivity index (χ2n) is 9.17. The van der Waals surface area contributed by atoms with E-state index in [1.807, 2.05) is 31.1 Å². The van der Waals surface area contributed by atoms with Crippen LogP contribution < -0.4 is 5.32 Å². The third-order valence-electron chi connectivity index (χ3n) is 6.53. The van der Waals surface area contributed by atoms with E-state index in [1.54, 1.807) is 12.3 Å². The number of aromatic amines is 1. The Morgan fingerprint density at radius 3 is 2.58 bits per heavy atom.